The summed E-state index contributed by atoms with van der Waals surface area (Å²) >= 11 is 6.15. The van der Waals surface area contributed by atoms with Gasteiger partial charge in [-0.25, -0.2) is 0 Å². The quantitative estimate of drug-likeness (QED) is 0.826. The largest absolute Gasteiger partial charge is 0.486 e. The summed E-state index contributed by atoms with van der Waals surface area (Å²) in [7, 11) is 0. The van der Waals surface area contributed by atoms with E-state index in [0.29, 0.717) is 0 Å². The van der Waals surface area contributed by atoms with Crippen LogP contribution < -0.4 is 10.5 Å². The lowest BCUT2D eigenvalue weighted by Crippen LogP contribution is -2.04. The zero-order valence-corrected chi connectivity index (χ0v) is 12.2. The third-order valence-electron chi connectivity index (χ3n) is 3.10. The van der Waals surface area contributed by atoms with Crippen LogP contribution in [-0.2, 0) is 0 Å². The van der Waals surface area contributed by atoms with E-state index < -0.39 is 0 Å². The Balaban J connectivity index is 2.21. The Morgan fingerprint density at radius 2 is 1.74 bits per heavy atom. The predicted octanol–water partition coefficient (Wildman–Crippen LogP) is 4.68. The van der Waals surface area contributed by atoms with Crippen molar-refractivity contribution in [3.63, 3.8) is 0 Å². The molecule has 0 aliphatic carbocycles. The molecule has 1 atom stereocenters. The van der Waals surface area contributed by atoms with E-state index >= 15 is 0 Å². The number of rotatable bonds is 3. The first-order valence-electron chi connectivity index (χ1n) is 6.26. The van der Waals surface area contributed by atoms with Gasteiger partial charge in [0.1, 0.15) is 11.9 Å². The van der Waals surface area contributed by atoms with Gasteiger partial charge >= 0.3 is 0 Å². The Morgan fingerprint density at radius 1 is 1.11 bits per heavy atom. The van der Waals surface area contributed by atoms with Crippen molar-refractivity contribution in [3.05, 3.63) is 58.1 Å². The molecule has 0 spiro atoms. The fourth-order valence-electron chi connectivity index (χ4n) is 2.06. The molecule has 100 valence electrons. The lowest BCUT2D eigenvalue weighted by molar-refractivity contribution is 0.227. The minimum Gasteiger partial charge on any atom is -0.486 e. The maximum atomic E-state index is 6.15. The van der Waals surface area contributed by atoms with Crippen molar-refractivity contribution in [1.29, 1.82) is 0 Å². The number of halogens is 1. The van der Waals surface area contributed by atoms with Crippen LogP contribution in [-0.4, -0.2) is 0 Å². The van der Waals surface area contributed by atoms with E-state index in [1.54, 1.807) is 0 Å². The number of hydrogen-bond donors (Lipinski definition) is 1. The SMILES string of the molecule is Cc1cc(OC(C)c2cccc(N)c2)cc(C)c1Cl. The molecule has 0 saturated carbocycles. The molecule has 0 aliphatic heterocycles. The van der Waals surface area contributed by atoms with Crippen molar-refractivity contribution < 1.29 is 4.74 Å². The summed E-state index contributed by atoms with van der Waals surface area (Å²) in [5.74, 6) is 0.828. The second-order valence-corrected chi connectivity index (χ2v) is 5.18. The molecule has 1 unspecified atom stereocenters. The maximum absolute atomic E-state index is 6.15. The van der Waals surface area contributed by atoms with E-state index in [4.69, 9.17) is 22.1 Å². The summed E-state index contributed by atoms with van der Waals surface area (Å²) in [6.45, 7) is 5.97. The minimum atomic E-state index is -0.0523. The van der Waals surface area contributed by atoms with Crippen molar-refractivity contribution in [1.82, 2.24) is 0 Å². The average Bonchev–Trinajstić information content (AvgIpc) is 2.36. The van der Waals surface area contributed by atoms with Crippen LogP contribution in [0.1, 0.15) is 29.7 Å². The molecule has 2 rings (SSSR count). The summed E-state index contributed by atoms with van der Waals surface area (Å²) in [5.41, 5.74) is 9.64. The second-order valence-electron chi connectivity index (χ2n) is 4.80. The first-order chi connectivity index (χ1) is 8.97. The number of ether oxygens (including phenoxy) is 1. The van der Waals surface area contributed by atoms with E-state index in [1.165, 1.54) is 0 Å². The molecule has 0 amide bonds. The van der Waals surface area contributed by atoms with E-state index in [1.807, 2.05) is 57.2 Å². The molecule has 2 nitrogen and oxygen atoms in total. The van der Waals surface area contributed by atoms with Gasteiger partial charge in [-0.05, 0) is 61.7 Å². The molecular weight excluding hydrogens is 258 g/mol. The monoisotopic (exact) mass is 275 g/mol. The Labute approximate surface area is 119 Å². The van der Waals surface area contributed by atoms with Crippen molar-refractivity contribution in [2.24, 2.45) is 0 Å². The standard InChI is InChI=1S/C16H18ClNO/c1-10-7-15(8-11(2)16(10)17)19-12(3)13-5-4-6-14(18)9-13/h4-9,12H,18H2,1-3H3. The topological polar surface area (TPSA) is 35.2 Å². The number of nitrogens with two attached hydrogens (primary N) is 1. The molecule has 0 fully saturated rings. The Kier molecular flexibility index (Phi) is 4.01. The highest BCUT2D eigenvalue weighted by molar-refractivity contribution is 6.32. The van der Waals surface area contributed by atoms with Gasteiger partial charge in [-0.3, -0.25) is 0 Å². The third kappa shape index (κ3) is 3.21. The molecule has 0 saturated heterocycles. The fraction of sp³-hybridized carbons (Fsp3) is 0.250. The molecular formula is C16H18ClNO. The smallest absolute Gasteiger partial charge is 0.121 e. The average molecular weight is 276 g/mol. The number of anilines is 1. The van der Waals surface area contributed by atoms with E-state index in [0.717, 1.165) is 33.1 Å². The van der Waals surface area contributed by atoms with Gasteiger partial charge in [-0.15, -0.1) is 0 Å². The maximum Gasteiger partial charge on any atom is 0.121 e. The summed E-state index contributed by atoms with van der Waals surface area (Å²) in [6.07, 6.45) is -0.0523. The lowest BCUT2D eigenvalue weighted by atomic mass is 10.1. The predicted molar refractivity (Wildman–Crippen MR) is 80.8 cm³/mol. The lowest BCUT2D eigenvalue weighted by Gasteiger charge is -2.17. The Morgan fingerprint density at radius 3 is 2.32 bits per heavy atom. The molecule has 0 aromatic heterocycles. The molecule has 2 aromatic carbocycles. The van der Waals surface area contributed by atoms with E-state index in [-0.39, 0.29) is 6.10 Å². The van der Waals surface area contributed by atoms with Crippen molar-refractivity contribution in [2.45, 2.75) is 26.9 Å². The van der Waals surface area contributed by atoms with Crippen LogP contribution >= 0.6 is 11.6 Å². The van der Waals surface area contributed by atoms with Crippen LogP contribution in [0.25, 0.3) is 0 Å². The van der Waals surface area contributed by atoms with Crippen LogP contribution in [0.15, 0.2) is 36.4 Å². The van der Waals surface area contributed by atoms with Gasteiger partial charge < -0.3 is 10.5 Å². The number of hydrogen-bond acceptors (Lipinski definition) is 2. The number of aryl methyl sites for hydroxylation is 2. The second kappa shape index (κ2) is 5.54. The molecule has 0 radical (unpaired) electrons. The van der Waals surface area contributed by atoms with E-state index in [9.17, 15) is 0 Å². The molecule has 2 N–H and O–H groups in total. The van der Waals surface area contributed by atoms with Gasteiger partial charge in [-0.2, -0.15) is 0 Å². The highest BCUT2D eigenvalue weighted by Gasteiger charge is 2.09. The van der Waals surface area contributed by atoms with Crippen LogP contribution in [0.5, 0.6) is 5.75 Å². The molecule has 0 bridgehead atoms. The molecule has 19 heavy (non-hydrogen) atoms. The summed E-state index contributed by atoms with van der Waals surface area (Å²) in [5, 5.41) is 0.795. The fourth-order valence-corrected chi connectivity index (χ4v) is 2.17. The number of nitrogen functional groups attached to an aromatic ring is 1. The van der Waals surface area contributed by atoms with Crippen LogP contribution in [0.2, 0.25) is 5.02 Å². The van der Waals surface area contributed by atoms with Gasteiger partial charge in [0.25, 0.3) is 0 Å². The van der Waals surface area contributed by atoms with Gasteiger partial charge in [0.05, 0.1) is 0 Å². The van der Waals surface area contributed by atoms with Gasteiger partial charge in [0.15, 0.2) is 0 Å². The van der Waals surface area contributed by atoms with Crippen LogP contribution in [0.4, 0.5) is 5.69 Å². The zero-order valence-electron chi connectivity index (χ0n) is 11.4. The third-order valence-corrected chi connectivity index (χ3v) is 3.70. The highest BCUT2D eigenvalue weighted by Crippen LogP contribution is 2.29. The van der Waals surface area contributed by atoms with Crippen LogP contribution in [0.3, 0.4) is 0 Å². The normalized spacial score (nSPS) is 12.2. The van der Waals surface area contributed by atoms with Gasteiger partial charge in [0.2, 0.25) is 0 Å². The van der Waals surface area contributed by atoms with Crippen molar-refractivity contribution in [2.75, 3.05) is 5.73 Å². The van der Waals surface area contributed by atoms with E-state index in [2.05, 4.69) is 0 Å². The Hall–Kier alpha value is -1.67. The van der Waals surface area contributed by atoms with Crippen molar-refractivity contribution >= 4 is 17.3 Å². The van der Waals surface area contributed by atoms with Gasteiger partial charge in [-0.1, -0.05) is 23.7 Å². The molecule has 3 heteroatoms. The molecule has 0 aliphatic rings. The zero-order chi connectivity index (χ0) is 14.0. The minimum absolute atomic E-state index is 0.0523. The summed E-state index contributed by atoms with van der Waals surface area (Å²) in [6, 6.07) is 11.7. The first-order valence-corrected chi connectivity index (χ1v) is 6.64. The molecule has 2 aromatic rings. The Bertz CT molecular complexity index is 572. The van der Waals surface area contributed by atoms with Gasteiger partial charge in [0, 0.05) is 10.7 Å². The van der Waals surface area contributed by atoms with Crippen LogP contribution in [0, 0.1) is 13.8 Å². The molecule has 0 heterocycles. The summed E-state index contributed by atoms with van der Waals surface area (Å²) < 4.78 is 5.96. The number of benzene rings is 2. The first kappa shape index (κ1) is 13.8. The highest BCUT2D eigenvalue weighted by atomic mass is 35.5. The summed E-state index contributed by atoms with van der Waals surface area (Å²) in [4.78, 5) is 0. The van der Waals surface area contributed by atoms with Crippen molar-refractivity contribution in [3.8, 4) is 5.75 Å².